The van der Waals surface area contributed by atoms with Crippen LogP contribution in [0.3, 0.4) is 0 Å². The molecule has 7 heteroatoms. The molecule has 0 heterocycles. The molecule has 0 spiro atoms. The first kappa shape index (κ1) is 15.2. The van der Waals surface area contributed by atoms with Crippen LogP contribution in [0.15, 0.2) is 41.3 Å². The predicted molar refractivity (Wildman–Crippen MR) is 74.7 cm³/mol. The van der Waals surface area contributed by atoms with Crippen molar-refractivity contribution in [3.63, 3.8) is 0 Å². The van der Waals surface area contributed by atoms with E-state index in [2.05, 4.69) is 0 Å². The second-order valence-electron chi connectivity index (χ2n) is 4.38. The van der Waals surface area contributed by atoms with Gasteiger partial charge in [-0.15, -0.1) is 0 Å². The molecule has 2 aromatic rings. The molecular formula is C14H13F2NO3S. The third-order valence-electron chi connectivity index (χ3n) is 2.94. The van der Waals surface area contributed by atoms with E-state index < -0.39 is 27.2 Å². The molecule has 0 aliphatic heterocycles. The molecule has 0 aliphatic rings. The van der Waals surface area contributed by atoms with Gasteiger partial charge in [-0.05, 0) is 24.3 Å². The SMILES string of the molecule is COc1cccc(CS(=O)(=O)c2ccc(N)c(F)c2)c1F. The van der Waals surface area contributed by atoms with Crippen LogP contribution in [0, 0.1) is 11.6 Å². The van der Waals surface area contributed by atoms with Crippen LogP contribution in [0.25, 0.3) is 0 Å². The zero-order valence-corrected chi connectivity index (χ0v) is 12.0. The summed E-state index contributed by atoms with van der Waals surface area (Å²) in [6.45, 7) is 0. The fourth-order valence-electron chi connectivity index (χ4n) is 1.81. The molecule has 0 radical (unpaired) electrons. The van der Waals surface area contributed by atoms with Gasteiger partial charge in [0.25, 0.3) is 0 Å². The summed E-state index contributed by atoms with van der Waals surface area (Å²) in [4.78, 5) is -0.253. The molecule has 0 atom stereocenters. The summed E-state index contributed by atoms with van der Waals surface area (Å²) in [5.41, 5.74) is 5.10. The van der Waals surface area contributed by atoms with Gasteiger partial charge < -0.3 is 10.5 Å². The number of rotatable bonds is 4. The summed E-state index contributed by atoms with van der Waals surface area (Å²) >= 11 is 0. The van der Waals surface area contributed by atoms with E-state index >= 15 is 0 Å². The van der Waals surface area contributed by atoms with E-state index in [4.69, 9.17) is 10.5 Å². The Hall–Kier alpha value is -2.15. The summed E-state index contributed by atoms with van der Waals surface area (Å²) < 4.78 is 56.5. The van der Waals surface area contributed by atoms with Crippen molar-refractivity contribution in [2.45, 2.75) is 10.6 Å². The van der Waals surface area contributed by atoms with Gasteiger partial charge in [0.05, 0.1) is 23.4 Å². The maximum Gasteiger partial charge on any atom is 0.182 e. The molecule has 0 fully saturated rings. The third-order valence-corrected chi connectivity index (χ3v) is 4.60. The molecule has 112 valence electrons. The Bertz CT molecular complexity index is 776. The Morgan fingerprint density at radius 2 is 1.90 bits per heavy atom. The summed E-state index contributed by atoms with van der Waals surface area (Å²) in [5, 5.41) is 0. The lowest BCUT2D eigenvalue weighted by Gasteiger charge is -2.09. The van der Waals surface area contributed by atoms with Gasteiger partial charge >= 0.3 is 0 Å². The van der Waals surface area contributed by atoms with Gasteiger partial charge in [-0.3, -0.25) is 0 Å². The van der Waals surface area contributed by atoms with Crippen LogP contribution in [-0.2, 0) is 15.6 Å². The van der Waals surface area contributed by atoms with Crippen LogP contribution in [-0.4, -0.2) is 15.5 Å². The lowest BCUT2D eigenvalue weighted by atomic mass is 10.2. The second-order valence-corrected chi connectivity index (χ2v) is 6.37. The van der Waals surface area contributed by atoms with Crippen molar-refractivity contribution in [1.29, 1.82) is 0 Å². The number of hydrogen-bond acceptors (Lipinski definition) is 4. The first-order valence-corrected chi connectivity index (χ1v) is 7.59. The van der Waals surface area contributed by atoms with Crippen LogP contribution in [0.2, 0.25) is 0 Å². The fourth-order valence-corrected chi connectivity index (χ4v) is 3.17. The fraction of sp³-hybridized carbons (Fsp3) is 0.143. The van der Waals surface area contributed by atoms with Crippen LogP contribution in [0.5, 0.6) is 5.75 Å². The standard InChI is InChI=1S/C14H13F2NO3S/c1-20-13-4-2-3-9(14(13)16)8-21(18,19)10-5-6-12(17)11(15)7-10/h2-7H,8,17H2,1H3. The summed E-state index contributed by atoms with van der Waals surface area (Å²) in [6.07, 6.45) is 0. The van der Waals surface area contributed by atoms with E-state index in [-0.39, 0.29) is 21.9 Å². The van der Waals surface area contributed by atoms with Crippen LogP contribution >= 0.6 is 0 Å². The number of anilines is 1. The first-order chi connectivity index (χ1) is 9.85. The average molecular weight is 313 g/mol. The number of sulfone groups is 1. The first-order valence-electron chi connectivity index (χ1n) is 5.94. The minimum absolute atomic E-state index is 0.0495. The van der Waals surface area contributed by atoms with Crippen molar-refractivity contribution in [3.8, 4) is 5.75 Å². The third kappa shape index (κ3) is 3.13. The highest BCUT2D eigenvalue weighted by atomic mass is 32.2. The Morgan fingerprint density at radius 3 is 2.52 bits per heavy atom. The topological polar surface area (TPSA) is 69.4 Å². The molecular weight excluding hydrogens is 300 g/mol. The zero-order valence-electron chi connectivity index (χ0n) is 11.1. The molecule has 0 saturated carbocycles. The highest BCUT2D eigenvalue weighted by molar-refractivity contribution is 7.90. The van der Waals surface area contributed by atoms with Crippen molar-refractivity contribution in [3.05, 3.63) is 53.6 Å². The Kier molecular flexibility index (Phi) is 4.13. The predicted octanol–water partition coefficient (Wildman–Crippen LogP) is 2.53. The Labute approximate surface area is 121 Å². The van der Waals surface area contributed by atoms with Crippen molar-refractivity contribution >= 4 is 15.5 Å². The number of halogens is 2. The maximum atomic E-state index is 14.0. The molecule has 0 aromatic heterocycles. The van der Waals surface area contributed by atoms with Crippen LogP contribution in [0.4, 0.5) is 14.5 Å². The monoisotopic (exact) mass is 313 g/mol. The molecule has 0 amide bonds. The molecule has 2 N–H and O–H groups in total. The van der Waals surface area contributed by atoms with Crippen molar-refractivity contribution in [2.24, 2.45) is 0 Å². The quantitative estimate of drug-likeness (QED) is 0.881. The van der Waals surface area contributed by atoms with Gasteiger partial charge in [-0.1, -0.05) is 12.1 Å². The van der Waals surface area contributed by atoms with Gasteiger partial charge in [-0.25, -0.2) is 17.2 Å². The molecule has 4 nitrogen and oxygen atoms in total. The van der Waals surface area contributed by atoms with Gasteiger partial charge in [0, 0.05) is 5.56 Å². The lowest BCUT2D eigenvalue weighted by Crippen LogP contribution is -2.08. The van der Waals surface area contributed by atoms with E-state index in [1.807, 2.05) is 0 Å². The number of nitrogens with two attached hydrogens (primary N) is 1. The van der Waals surface area contributed by atoms with Gasteiger partial charge in [0.1, 0.15) is 5.82 Å². The minimum atomic E-state index is -3.89. The molecule has 0 saturated heterocycles. The van der Waals surface area contributed by atoms with Crippen LogP contribution < -0.4 is 10.5 Å². The van der Waals surface area contributed by atoms with Crippen molar-refractivity contribution < 1.29 is 21.9 Å². The molecule has 0 aliphatic carbocycles. The molecule has 2 rings (SSSR count). The van der Waals surface area contributed by atoms with Gasteiger partial charge in [0.15, 0.2) is 21.4 Å². The van der Waals surface area contributed by atoms with E-state index in [9.17, 15) is 17.2 Å². The highest BCUT2D eigenvalue weighted by Crippen LogP contribution is 2.25. The minimum Gasteiger partial charge on any atom is -0.494 e. The number of nitrogen functional groups attached to an aromatic ring is 1. The van der Waals surface area contributed by atoms with Crippen molar-refractivity contribution in [2.75, 3.05) is 12.8 Å². The highest BCUT2D eigenvalue weighted by Gasteiger charge is 2.20. The number of hydrogen-bond donors (Lipinski definition) is 1. The second kappa shape index (κ2) is 5.69. The lowest BCUT2D eigenvalue weighted by molar-refractivity contribution is 0.385. The molecule has 21 heavy (non-hydrogen) atoms. The molecule has 2 aromatic carbocycles. The summed E-state index contributed by atoms with van der Waals surface area (Å²) in [6, 6.07) is 7.37. The van der Waals surface area contributed by atoms with Crippen molar-refractivity contribution in [1.82, 2.24) is 0 Å². The van der Waals surface area contributed by atoms with Crippen LogP contribution in [0.1, 0.15) is 5.56 Å². The molecule has 0 bridgehead atoms. The number of ether oxygens (including phenoxy) is 1. The zero-order chi connectivity index (χ0) is 15.6. The largest absolute Gasteiger partial charge is 0.494 e. The van der Waals surface area contributed by atoms with E-state index in [1.165, 1.54) is 31.4 Å². The number of benzene rings is 2. The Balaban J connectivity index is 2.40. The number of methoxy groups -OCH3 is 1. The van der Waals surface area contributed by atoms with E-state index in [0.717, 1.165) is 12.1 Å². The average Bonchev–Trinajstić information content (AvgIpc) is 2.44. The molecule has 0 unspecified atom stereocenters. The maximum absolute atomic E-state index is 14.0. The summed E-state index contributed by atoms with van der Waals surface area (Å²) in [5.74, 6) is -2.23. The van der Waals surface area contributed by atoms with Gasteiger partial charge in [-0.2, -0.15) is 0 Å². The smallest absolute Gasteiger partial charge is 0.182 e. The normalized spacial score (nSPS) is 11.4. The summed E-state index contributed by atoms with van der Waals surface area (Å²) in [7, 11) is -2.61. The van der Waals surface area contributed by atoms with Gasteiger partial charge in [0.2, 0.25) is 0 Å². The van der Waals surface area contributed by atoms with E-state index in [1.54, 1.807) is 0 Å². The Morgan fingerprint density at radius 1 is 1.19 bits per heavy atom. The van der Waals surface area contributed by atoms with E-state index in [0.29, 0.717) is 0 Å².